The second kappa shape index (κ2) is 7.05. The van der Waals surface area contributed by atoms with Gasteiger partial charge in [0.1, 0.15) is 0 Å². The molecule has 3 heteroatoms. The summed E-state index contributed by atoms with van der Waals surface area (Å²) in [6, 6.07) is 28.7. The van der Waals surface area contributed by atoms with Crippen molar-refractivity contribution >= 4 is 43.5 Å². The molecule has 132 valence electrons. The van der Waals surface area contributed by atoms with Gasteiger partial charge in [0.05, 0.1) is 16.6 Å². The first-order valence-corrected chi connectivity index (χ1v) is 9.21. The average molecular weight is 359 g/mol. The van der Waals surface area contributed by atoms with Crippen molar-refractivity contribution in [2.24, 2.45) is 0 Å². The monoisotopic (exact) mass is 359 g/mol. The van der Waals surface area contributed by atoms with E-state index < -0.39 is 0 Å². The Morgan fingerprint density at radius 3 is 2.07 bits per heavy atom. The van der Waals surface area contributed by atoms with Crippen molar-refractivity contribution in [1.82, 2.24) is 15.0 Å². The van der Waals surface area contributed by atoms with Gasteiger partial charge < -0.3 is 0 Å². The summed E-state index contributed by atoms with van der Waals surface area (Å²) in [5.74, 6) is 0. The van der Waals surface area contributed by atoms with Gasteiger partial charge in [-0.2, -0.15) is 0 Å². The highest BCUT2D eigenvalue weighted by atomic mass is 14.7. The molecule has 28 heavy (non-hydrogen) atoms. The van der Waals surface area contributed by atoms with Gasteiger partial charge in [-0.1, -0.05) is 54.6 Å². The summed E-state index contributed by atoms with van der Waals surface area (Å²) < 4.78 is 0. The van der Waals surface area contributed by atoms with E-state index in [-0.39, 0.29) is 0 Å². The van der Waals surface area contributed by atoms with E-state index >= 15 is 0 Å². The number of nitrogens with zero attached hydrogens (tertiary/aromatic N) is 3. The molecule has 3 aromatic heterocycles. The van der Waals surface area contributed by atoms with Gasteiger partial charge in [-0.25, -0.2) is 0 Å². The zero-order chi connectivity index (χ0) is 18.8. The molecule has 0 spiro atoms. The molecule has 0 saturated heterocycles. The largest absolute Gasteiger partial charge is 0.256 e. The molecule has 6 aromatic rings. The highest BCUT2D eigenvalue weighted by Gasteiger charge is 2.00. The molecule has 3 heterocycles. The van der Waals surface area contributed by atoms with Gasteiger partial charge in [-0.3, -0.25) is 15.0 Å². The third-order valence-corrected chi connectivity index (χ3v) is 4.85. The van der Waals surface area contributed by atoms with Crippen LogP contribution < -0.4 is 0 Å². The fourth-order valence-electron chi connectivity index (χ4n) is 3.50. The van der Waals surface area contributed by atoms with Crippen molar-refractivity contribution < 1.29 is 0 Å². The Kier molecular flexibility index (Phi) is 4.11. The molecule has 0 radical (unpaired) electrons. The molecular weight excluding hydrogens is 342 g/mol. The number of rotatable bonds is 0. The molecular formula is C25H17N3. The maximum absolute atomic E-state index is 4.41. The van der Waals surface area contributed by atoms with Gasteiger partial charge in [0, 0.05) is 40.1 Å². The van der Waals surface area contributed by atoms with Gasteiger partial charge in [-0.15, -0.1) is 0 Å². The van der Waals surface area contributed by atoms with Crippen LogP contribution in [-0.4, -0.2) is 15.0 Å². The molecule has 0 fully saturated rings. The minimum absolute atomic E-state index is 0.999. The van der Waals surface area contributed by atoms with E-state index in [1.54, 1.807) is 6.20 Å². The fourth-order valence-corrected chi connectivity index (χ4v) is 3.50. The summed E-state index contributed by atoms with van der Waals surface area (Å²) in [7, 11) is 0. The van der Waals surface area contributed by atoms with Gasteiger partial charge in [-0.05, 0) is 35.7 Å². The summed E-state index contributed by atoms with van der Waals surface area (Å²) in [5.41, 5.74) is 3.09. The Morgan fingerprint density at radius 2 is 1.11 bits per heavy atom. The van der Waals surface area contributed by atoms with Gasteiger partial charge in [0.2, 0.25) is 0 Å². The summed E-state index contributed by atoms with van der Waals surface area (Å²) in [6.45, 7) is 0. The van der Waals surface area contributed by atoms with Crippen molar-refractivity contribution in [3.63, 3.8) is 0 Å². The van der Waals surface area contributed by atoms with Crippen LogP contribution in [0.5, 0.6) is 0 Å². The predicted octanol–water partition coefficient (Wildman–Crippen LogP) is 6.17. The number of hydrogen-bond acceptors (Lipinski definition) is 3. The van der Waals surface area contributed by atoms with Crippen LogP contribution in [0.2, 0.25) is 0 Å². The van der Waals surface area contributed by atoms with E-state index in [4.69, 9.17) is 0 Å². The average Bonchev–Trinajstić information content (AvgIpc) is 2.79. The smallest absolute Gasteiger partial charge is 0.0795 e. The second-order valence-corrected chi connectivity index (χ2v) is 6.57. The quantitative estimate of drug-likeness (QED) is 0.304. The lowest BCUT2D eigenvalue weighted by Gasteiger charge is -2.01. The lowest BCUT2D eigenvalue weighted by molar-refractivity contribution is 1.39. The van der Waals surface area contributed by atoms with Crippen molar-refractivity contribution in [3.8, 4) is 0 Å². The molecule has 0 aliphatic rings. The minimum atomic E-state index is 0.999. The molecule has 0 saturated carbocycles. The molecule has 0 aliphatic carbocycles. The van der Waals surface area contributed by atoms with Crippen molar-refractivity contribution in [3.05, 3.63) is 104 Å². The lowest BCUT2D eigenvalue weighted by atomic mass is 10.1. The fraction of sp³-hybridized carbons (Fsp3) is 0. The number of fused-ring (bicyclic) bond motifs is 6. The topological polar surface area (TPSA) is 38.7 Å². The first-order valence-electron chi connectivity index (χ1n) is 9.21. The van der Waals surface area contributed by atoms with Crippen molar-refractivity contribution in [2.45, 2.75) is 0 Å². The Balaban J connectivity index is 0.000000122. The lowest BCUT2D eigenvalue weighted by Crippen LogP contribution is -1.82. The predicted molar refractivity (Wildman–Crippen MR) is 116 cm³/mol. The molecule has 0 aliphatic heterocycles. The van der Waals surface area contributed by atoms with E-state index in [0.29, 0.717) is 0 Å². The second-order valence-electron chi connectivity index (χ2n) is 6.57. The normalized spacial score (nSPS) is 10.9. The van der Waals surface area contributed by atoms with E-state index in [9.17, 15) is 0 Å². The first kappa shape index (κ1) is 16.3. The number of pyridine rings is 3. The van der Waals surface area contributed by atoms with E-state index in [1.807, 2.05) is 48.8 Å². The van der Waals surface area contributed by atoms with Crippen LogP contribution in [0, 0.1) is 0 Å². The summed E-state index contributed by atoms with van der Waals surface area (Å²) in [5, 5.41) is 5.98. The van der Waals surface area contributed by atoms with E-state index in [2.05, 4.69) is 63.5 Å². The number of aromatic nitrogens is 3. The van der Waals surface area contributed by atoms with Gasteiger partial charge >= 0.3 is 0 Å². The molecule has 0 bridgehead atoms. The Morgan fingerprint density at radius 1 is 0.429 bits per heavy atom. The summed E-state index contributed by atoms with van der Waals surface area (Å²) in [4.78, 5) is 13.1. The van der Waals surface area contributed by atoms with Gasteiger partial charge in [0.25, 0.3) is 0 Å². The highest BCUT2D eigenvalue weighted by molar-refractivity contribution is 6.05. The molecule has 3 aromatic carbocycles. The maximum atomic E-state index is 4.41. The first-order chi connectivity index (χ1) is 13.9. The zero-order valence-electron chi connectivity index (χ0n) is 15.2. The summed E-state index contributed by atoms with van der Waals surface area (Å²) >= 11 is 0. The van der Waals surface area contributed by atoms with Crippen LogP contribution in [0.3, 0.4) is 0 Å². The molecule has 0 amide bonds. The SMILES string of the molecule is c1ccc2c(c1)cnc1ccccc12.c1cnc2c(c1)ccc1ncccc12. The van der Waals surface area contributed by atoms with Crippen LogP contribution in [0.1, 0.15) is 0 Å². The number of benzene rings is 3. The molecule has 6 rings (SSSR count). The third kappa shape index (κ3) is 2.93. The maximum Gasteiger partial charge on any atom is 0.0795 e. The standard InChI is InChI=1S/C13H9N.C12H8N2/c1-2-6-11-10(5-1)9-14-13-8-4-3-7-12(11)13;1-3-9-5-6-11-10(4-2-7-13-11)12(9)14-8-1/h1-9H;1-8H. The zero-order valence-corrected chi connectivity index (χ0v) is 15.2. The third-order valence-electron chi connectivity index (χ3n) is 4.85. The van der Waals surface area contributed by atoms with Crippen LogP contribution >= 0.6 is 0 Å². The highest BCUT2D eigenvalue weighted by Crippen LogP contribution is 2.22. The number of para-hydroxylation sites is 1. The molecule has 0 unspecified atom stereocenters. The van der Waals surface area contributed by atoms with Gasteiger partial charge in [0.15, 0.2) is 0 Å². The number of hydrogen-bond donors (Lipinski definition) is 0. The van der Waals surface area contributed by atoms with Crippen LogP contribution in [0.15, 0.2) is 104 Å². The Bertz CT molecular complexity index is 1200. The molecule has 0 N–H and O–H groups in total. The van der Waals surface area contributed by atoms with Crippen molar-refractivity contribution in [1.29, 1.82) is 0 Å². The molecule has 0 atom stereocenters. The Hall–Kier alpha value is -3.85. The van der Waals surface area contributed by atoms with Crippen LogP contribution in [0.25, 0.3) is 43.5 Å². The van der Waals surface area contributed by atoms with Crippen molar-refractivity contribution in [2.75, 3.05) is 0 Å². The van der Waals surface area contributed by atoms with Crippen LogP contribution in [-0.2, 0) is 0 Å². The minimum Gasteiger partial charge on any atom is -0.256 e. The summed E-state index contributed by atoms with van der Waals surface area (Å²) in [6.07, 6.45) is 5.55. The van der Waals surface area contributed by atoms with E-state index in [0.717, 1.165) is 27.3 Å². The Labute approximate surface area is 162 Å². The van der Waals surface area contributed by atoms with E-state index in [1.165, 1.54) is 16.2 Å². The van der Waals surface area contributed by atoms with Crippen LogP contribution in [0.4, 0.5) is 0 Å². The molecule has 3 nitrogen and oxygen atoms in total.